The van der Waals surface area contributed by atoms with Crippen LogP contribution >= 0.6 is 0 Å². The molecule has 2 aliphatic rings. The Morgan fingerprint density at radius 3 is 2.52 bits per heavy atom. The van der Waals surface area contributed by atoms with Crippen molar-refractivity contribution in [2.24, 2.45) is 0 Å². The summed E-state index contributed by atoms with van der Waals surface area (Å²) in [5.41, 5.74) is 1.29. The van der Waals surface area contributed by atoms with Gasteiger partial charge in [-0.15, -0.1) is 0 Å². The third kappa shape index (κ3) is 3.34. The van der Waals surface area contributed by atoms with Crippen molar-refractivity contribution >= 4 is 11.8 Å². The standard InChI is InChI=1S/C18H27N3O2/c1-13-5-4-10-21(13)15-8-11-20(12-9-15)17-7-6-16(14(2)19-17)18(22)23-3/h6-7,13,15H,4-5,8-12H2,1-3H3. The fourth-order valence-electron chi connectivity index (χ4n) is 3.97. The van der Waals surface area contributed by atoms with E-state index >= 15 is 0 Å². The van der Waals surface area contributed by atoms with E-state index in [2.05, 4.69) is 21.7 Å². The number of carbonyl (C=O) groups excluding carboxylic acids is 1. The van der Waals surface area contributed by atoms with Crippen molar-refractivity contribution in [3.05, 3.63) is 23.4 Å². The minimum atomic E-state index is -0.316. The molecule has 1 unspecified atom stereocenters. The molecule has 5 heteroatoms. The van der Waals surface area contributed by atoms with Gasteiger partial charge in [-0.2, -0.15) is 0 Å². The van der Waals surface area contributed by atoms with Crippen LogP contribution in [-0.4, -0.2) is 54.7 Å². The van der Waals surface area contributed by atoms with Crippen LogP contribution in [0.5, 0.6) is 0 Å². The van der Waals surface area contributed by atoms with Gasteiger partial charge in [0, 0.05) is 25.2 Å². The molecule has 0 bridgehead atoms. The summed E-state index contributed by atoms with van der Waals surface area (Å²) in [6, 6.07) is 5.24. The molecule has 1 aromatic rings. The molecule has 126 valence electrons. The first-order valence-corrected chi connectivity index (χ1v) is 8.67. The van der Waals surface area contributed by atoms with Gasteiger partial charge in [0.15, 0.2) is 0 Å². The lowest BCUT2D eigenvalue weighted by atomic mass is 10.0. The zero-order valence-corrected chi connectivity index (χ0v) is 14.4. The quantitative estimate of drug-likeness (QED) is 0.802. The van der Waals surface area contributed by atoms with E-state index in [0.29, 0.717) is 5.56 Å². The molecule has 2 aliphatic heterocycles. The van der Waals surface area contributed by atoms with E-state index in [9.17, 15) is 4.79 Å². The molecule has 0 aliphatic carbocycles. The van der Waals surface area contributed by atoms with Crippen molar-refractivity contribution in [3.8, 4) is 0 Å². The van der Waals surface area contributed by atoms with Gasteiger partial charge in [0.25, 0.3) is 0 Å². The highest BCUT2D eigenvalue weighted by Gasteiger charge is 2.30. The van der Waals surface area contributed by atoms with E-state index in [1.807, 2.05) is 19.1 Å². The van der Waals surface area contributed by atoms with E-state index in [1.54, 1.807) is 0 Å². The number of nitrogens with zero attached hydrogens (tertiary/aromatic N) is 3. The van der Waals surface area contributed by atoms with Crippen molar-refractivity contribution in [2.45, 2.75) is 51.6 Å². The van der Waals surface area contributed by atoms with Crippen molar-refractivity contribution in [2.75, 3.05) is 31.6 Å². The highest BCUT2D eigenvalue weighted by molar-refractivity contribution is 5.90. The first kappa shape index (κ1) is 16.2. The monoisotopic (exact) mass is 317 g/mol. The van der Waals surface area contributed by atoms with E-state index in [1.165, 1.54) is 39.3 Å². The molecule has 0 spiro atoms. The Balaban J connectivity index is 1.63. The molecule has 1 atom stereocenters. The average molecular weight is 317 g/mol. The molecule has 5 nitrogen and oxygen atoms in total. The minimum absolute atomic E-state index is 0.316. The van der Waals surface area contributed by atoms with Crippen LogP contribution in [0.1, 0.15) is 48.7 Å². The second-order valence-electron chi connectivity index (χ2n) is 6.74. The summed E-state index contributed by atoms with van der Waals surface area (Å²) >= 11 is 0. The van der Waals surface area contributed by atoms with Gasteiger partial charge in [0.1, 0.15) is 5.82 Å². The summed E-state index contributed by atoms with van der Waals surface area (Å²) in [6.45, 7) is 7.57. The number of carbonyl (C=O) groups is 1. The lowest BCUT2D eigenvalue weighted by molar-refractivity contribution is 0.0599. The molecule has 0 radical (unpaired) electrons. The third-order valence-corrected chi connectivity index (χ3v) is 5.34. The Bertz CT molecular complexity index is 567. The van der Waals surface area contributed by atoms with Gasteiger partial charge >= 0.3 is 5.97 Å². The third-order valence-electron chi connectivity index (χ3n) is 5.34. The van der Waals surface area contributed by atoms with Crippen LogP contribution in [0.3, 0.4) is 0 Å². The number of rotatable bonds is 3. The number of anilines is 1. The van der Waals surface area contributed by atoms with E-state index in [4.69, 9.17) is 4.74 Å². The van der Waals surface area contributed by atoms with E-state index in [-0.39, 0.29) is 5.97 Å². The van der Waals surface area contributed by atoms with Crippen molar-refractivity contribution in [1.82, 2.24) is 9.88 Å². The maximum absolute atomic E-state index is 11.7. The number of piperidine rings is 1. The van der Waals surface area contributed by atoms with E-state index in [0.717, 1.165) is 36.7 Å². The number of aryl methyl sites for hydroxylation is 1. The Morgan fingerprint density at radius 1 is 1.22 bits per heavy atom. The van der Waals surface area contributed by atoms with Gasteiger partial charge in [-0.05, 0) is 58.2 Å². The Hall–Kier alpha value is -1.62. The Labute approximate surface area is 138 Å². The number of methoxy groups -OCH3 is 1. The van der Waals surface area contributed by atoms with Crippen LogP contribution in [-0.2, 0) is 4.74 Å². The molecule has 1 aromatic heterocycles. The molecule has 0 N–H and O–H groups in total. The predicted octanol–water partition coefficient (Wildman–Crippen LogP) is 2.63. The van der Waals surface area contributed by atoms with Gasteiger partial charge in [-0.25, -0.2) is 9.78 Å². The molecule has 0 aromatic carbocycles. The number of esters is 1. The van der Waals surface area contributed by atoms with Crippen LogP contribution in [0.25, 0.3) is 0 Å². The summed E-state index contributed by atoms with van der Waals surface area (Å²) in [7, 11) is 1.40. The summed E-state index contributed by atoms with van der Waals surface area (Å²) in [5.74, 6) is 0.659. The van der Waals surface area contributed by atoms with Crippen LogP contribution in [0.15, 0.2) is 12.1 Å². The van der Waals surface area contributed by atoms with Crippen LogP contribution in [0.4, 0.5) is 5.82 Å². The number of likely N-dealkylation sites (tertiary alicyclic amines) is 1. The van der Waals surface area contributed by atoms with Gasteiger partial charge in [0.05, 0.1) is 18.4 Å². The largest absolute Gasteiger partial charge is 0.465 e. The summed E-state index contributed by atoms with van der Waals surface area (Å²) in [5, 5.41) is 0. The average Bonchev–Trinajstić information content (AvgIpc) is 3.00. The Morgan fingerprint density at radius 2 is 1.96 bits per heavy atom. The van der Waals surface area contributed by atoms with Gasteiger partial charge in [0.2, 0.25) is 0 Å². The molecule has 0 amide bonds. The van der Waals surface area contributed by atoms with Gasteiger partial charge in [-0.1, -0.05) is 0 Å². The summed E-state index contributed by atoms with van der Waals surface area (Å²) in [6.07, 6.45) is 5.08. The second kappa shape index (κ2) is 6.87. The molecule has 3 heterocycles. The maximum atomic E-state index is 11.7. The molecular formula is C18H27N3O2. The number of hydrogen-bond acceptors (Lipinski definition) is 5. The highest BCUT2D eigenvalue weighted by atomic mass is 16.5. The molecule has 3 rings (SSSR count). The second-order valence-corrected chi connectivity index (χ2v) is 6.74. The maximum Gasteiger partial charge on any atom is 0.339 e. The number of ether oxygens (including phenoxy) is 1. The van der Waals surface area contributed by atoms with Gasteiger partial charge < -0.3 is 9.64 Å². The summed E-state index contributed by atoms with van der Waals surface area (Å²) < 4.78 is 4.79. The Kier molecular flexibility index (Phi) is 4.85. The highest BCUT2D eigenvalue weighted by Crippen LogP contribution is 2.27. The van der Waals surface area contributed by atoms with Crippen molar-refractivity contribution < 1.29 is 9.53 Å². The van der Waals surface area contributed by atoms with Gasteiger partial charge in [-0.3, -0.25) is 4.90 Å². The fourth-order valence-corrected chi connectivity index (χ4v) is 3.97. The van der Waals surface area contributed by atoms with Crippen molar-refractivity contribution in [3.63, 3.8) is 0 Å². The molecule has 0 saturated carbocycles. The normalized spacial score (nSPS) is 23.3. The smallest absolute Gasteiger partial charge is 0.339 e. The summed E-state index contributed by atoms with van der Waals surface area (Å²) in [4.78, 5) is 21.3. The first-order chi connectivity index (χ1) is 11.1. The number of aromatic nitrogens is 1. The SMILES string of the molecule is COC(=O)c1ccc(N2CCC(N3CCCC3C)CC2)nc1C. The fraction of sp³-hybridized carbons (Fsp3) is 0.667. The predicted molar refractivity (Wildman–Crippen MR) is 91.0 cm³/mol. The number of hydrogen-bond donors (Lipinski definition) is 0. The molecule has 2 fully saturated rings. The zero-order chi connectivity index (χ0) is 16.4. The van der Waals surface area contributed by atoms with Crippen LogP contribution in [0.2, 0.25) is 0 Å². The van der Waals surface area contributed by atoms with Crippen LogP contribution < -0.4 is 4.90 Å². The zero-order valence-electron chi connectivity index (χ0n) is 14.4. The van der Waals surface area contributed by atoms with Crippen molar-refractivity contribution in [1.29, 1.82) is 0 Å². The van der Waals surface area contributed by atoms with Crippen LogP contribution in [0, 0.1) is 6.92 Å². The van der Waals surface area contributed by atoms with E-state index < -0.39 is 0 Å². The first-order valence-electron chi connectivity index (χ1n) is 8.67. The lowest BCUT2D eigenvalue weighted by Crippen LogP contribution is -2.46. The molecule has 23 heavy (non-hydrogen) atoms. The molecule has 2 saturated heterocycles. The topological polar surface area (TPSA) is 45.7 Å². The molecular weight excluding hydrogens is 290 g/mol. The lowest BCUT2D eigenvalue weighted by Gasteiger charge is -2.39. The number of pyridine rings is 1. The minimum Gasteiger partial charge on any atom is -0.465 e.